The van der Waals surface area contributed by atoms with Gasteiger partial charge in [-0.1, -0.05) is 16.4 Å². The SMILES string of the molecule is CCOc1ccccc1N1CCN([s+]2cnc(C)c2OCC(C)O)CC1. The topological polar surface area (TPSA) is 58.1 Å². The molecule has 1 aliphatic rings. The number of aryl methyl sites for hydroxylation is 1. The summed E-state index contributed by atoms with van der Waals surface area (Å²) in [5.74, 6) is 0.949. The number of aliphatic hydroxyl groups is 1. The van der Waals surface area contributed by atoms with Gasteiger partial charge in [0, 0.05) is 13.1 Å². The van der Waals surface area contributed by atoms with Crippen molar-refractivity contribution in [2.75, 3.05) is 48.6 Å². The van der Waals surface area contributed by atoms with Gasteiger partial charge in [0.1, 0.15) is 28.7 Å². The molecule has 1 aromatic carbocycles. The molecule has 1 aromatic heterocycles. The highest BCUT2D eigenvalue weighted by atomic mass is 32.2. The Labute approximate surface area is 158 Å². The second-order valence-corrected chi connectivity index (χ2v) is 8.13. The third-order valence-corrected chi connectivity index (χ3v) is 6.33. The highest BCUT2D eigenvalue weighted by Crippen LogP contribution is 2.38. The Morgan fingerprint density at radius 3 is 2.62 bits per heavy atom. The van der Waals surface area contributed by atoms with Crippen LogP contribution >= 0.6 is 10.7 Å². The van der Waals surface area contributed by atoms with Crippen LogP contribution in [0.25, 0.3) is 0 Å². The van der Waals surface area contributed by atoms with E-state index in [1.54, 1.807) is 6.92 Å². The lowest BCUT2D eigenvalue weighted by molar-refractivity contribution is 0.124. The van der Waals surface area contributed by atoms with Gasteiger partial charge >= 0.3 is 5.06 Å². The molecule has 3 rings (SSSR count). The number of aliphatic hydroxyl groups excluding tert-OH is 1. The van der Waals surface area contributed by atoms with Gasteiger partial charge < -0.3 is 19.5 Å². The molecule has 0 bridgehead atoms. The summed E-state index contributed by atoms with van der Waals surface area (Å²) in [5.41, 5.74) is 4.06. The molecule has 26 heavy (non-hydrogen) atoms. The van der Waals surface area contributed by atoms with E-state index in [1.165, 1.54) is 0 Å². The Bertz CT molecular complexity index is 712. The van der Waals surface area contributed by atoms with Crippen LogP contribution in [-0.4, -0.2) is 55.6 Å². The molecule has 0 spiro atoms. The fraction of sp³-hybridized carbons (Fsp3) is 0.526. The van der Waals surface area contributed by atoms with Crippen molar-refractivity contribution in [1.29, 1.82) is 0 Å². The normalized spacial score (nSPS) is 17.2. The summed E-state index contributed by atoms with van der Waals surface area (Å²) < 4.78 is 14.0. The van der Waals surface area contributed by atoms with Crippen LogP contribution < -0.4 is 18.7 Å². The summed E-state index contributed by atoms with van der Waals surface area (Å²) in [6, 6.07) is 8.23. The summed E-state index contributed by atoms with van der Waals surface area (Å²) in [6.07, 6.45) is -0.478. The number of hydrogen-bond donors (Lipinski definition) is 1. The van der Waals surface area contributed by atoms with E-state index in [0.29, 0.717) is 13.2 Å². The van der Waals surface area contributed by atoms with E-state index in [1.807, 2.05) is 31.5 Å². The zero-order valence-corrected chi connectivity index (χ0v) is 16.5. The number of thiazole rings is 1. The number of nitrogens with zero attached hydrogens (tertiary/aromatic N) is 3. The van der Waals surface area contributed by atoms with Crippen molar-refractivity contribution in [3.05, 3.63) is 35.5 Å². The van der Waals surface area contributed by atoms with Crippen LogP contribution in [0, 0.1) is 6.92 Å². The Balaban J connectivity index is 1.68. The predicted octanol–water partition coefficient (Wildman–Crippen LogP) is 2.76. The number of hydrogen-bond acceptors (Lipinski definition) is 6. The standard InChI is InChI=1S/C19H28N3O3S/c1-4-24-18-8-6-5-7-17(18)21-9-11-22(12-10-21)26-14-20-16(3)19(26)25-13-15(2)23/h5-8,14-15,23H,4,9-13H2,1-3H3/q+1. The molecule has 1 fully saturated rings. The van der Waals surface area contributed by atoms with Crippen LogP contribution in [0.5, 0.6) is 10.8 Å². The van der Waals surface area contributed by atoms with Crippen LogP contribution in [-0.2, 0) is 0 Å². The molecule has 142 valence electrons. The van der Waals surface area contributed by atoms with Gasteiger partial charge in [0.25, 0.3) is 5.51 Å². The minimum Gasteiger partial charge on any atom is -0.492 e. The second kappa shape index (κ2) is 8.70. The molecular formula is C19H28N3O3S+. The molecule has 0 amide bonds. The van der Waals surface area contributed by atoms with Crippen molar-refractivity contribution in [3.8, 4) is 10.8 Å². The van der Waals surface area contributed by atoms with Crippen molar-refractivity contribution in [2.24, 2.45) is 0 Å². The fourth-order valence-corrected chi connectivity index (χ4v) is 4.87. The molecule has 2 atom stereocenters. The first-order chi connectivity index (χ1) is 12.6. The van der Waals surface area contributed by atoms with Crippen molar-refractivity contribution < 1.29 is 14.6 Å². The van der Waals surface area contributed by atoms with Gasteiger partial charge in [-0.3, -0.25) is 0 Å². The lowest BCUT2D eigenvalue weighted by atomic mass is 10.2. The van der Waals surface area contributed by atoms with E-state index >= 15 is 0 Å². The van der Waals surface area contributed by atoms with Gasteiger partial charge in [0.05, 0.1) is 31.5 Å². The Morgan fingerprint density at radius 2 is 1.92 bits per heavy atom. The molecule has 0 aliphatic carbocycles. The quantitative estimate of drug-likeness (QED) is 0.748. The smallest absolute Gasteiger partial charge is 0.373 e. The lowest BCUT2D eigenvalue weighted by Gasteiger charge is -2.32. The zero-order chi connectivity index (χ0) is 18.5. The van der Waals surface area contributed by atoms with Gasteiger partial charge in [-0.25, -0.2) is 0 Å². The summed E-state index contributed by atoms with van der Waals surface area (Å²) in [6.45, 7) is 10.4. The molecule has 0 saturated carbocycles. The molecule has 1 aliphatic heterocycles. The highest BCUT2D eigenvalue weighted by molar-refractivity contribution is 7.33. The summed E-state index contributed by atoms with van der Waals surface area (Å²) in [4.78, 5) is 6.83. The highest BCUT2D eigenvalue weighted by Gasteiger charge is 2.32. The maximum absolute atomic E-state index is 9.51. The Kier molecular flexibility index (Phi) is 6.34. The van der Waals surface area contributed by atoms with E-state index in [0.717, 1.165) is 48.4 Å². The van der Waals surface area contributed by atoms with Crippen molar-refractivity contribution >= 4 is 16.3 Å². The van der Waals surface area contributed by atoms with E-state index in [4.69, 9.17) is 9.47 Å². The molecule has 6 nitrogen and oxygen atoms in total. The van der Waals surface area contributed by atoms with Crippen molar-refractivity contribution in [1.82, 2.24) is 4.98 Å². The number of piperazine rings is 1. The van der Waals surface area contributed by atoms with Crippen LogP contribution in [0.3, 0.4) is 0 Å². The van der Waals surface area contributed by atoms with E-state index in [9.17, 15) is 5.11 Å². The van der Waals surface area contributed by atoms with Crippen molar-refractivity contribution in [2.45, 2.75) is 26.9 Å². The molecular weight excluding hydrogens is 350 g/mol. The average molecular weight is 379 g/mol. The van der Waals surface area contributed by atoms with Gasteiger partial charge in [-0.15, -0.1) is 0 Å². The monoisotopic (exact) mass is 378 g/mol. The molecule has 2 heterocycles. The molecule has 1 N–H and O–H groups in total. The fourth-order valence-electron chi connectivity index (χ4n) is 3.05. The van der Waals surface area contributed by atoms with E-state index < -0.39 is 6.10 Å². The van der Waals surface area contributed by atoms with Gasteiger partial charge in [0.15, 0.2) is 0 Å². The first kappa shape index (κ1) is 18.9. The maximum Gasteiger partial charge on any atom is 0.373 e. The molecule has 2 aromatic rings. The van der Waals surface area contributed by atoms with Crippen LogP contribution in [0.15, 0.2) is 29.8 Å². The summed E-state index contributed by atoms with van der Waals surface area (Å²) >= 11 is 0. The number of aromatic nitrogens is 1. The third kappa shape index (κ3) is 4.28. The number of ether oxygens (including phenoxy) is 2. The number of para-hydroxylation sites is 2. The Morgan fingerprint density at radius 1 is 1.19 bits per heavy atom. The summed E-state index contributed by atoms with van der Waals surface area (Å²) in [5, 5.41) is 10.4. The molecule has 1 saturated heterocycles. The van der Waals surface area contributed by atoms with Crippen molar-refractivity contribution in [3.63, 3.8) is 0 Å². The molecule has 7 heteroatoms. The first-order valence-corrected chi connectivity index (χ1v) is 10.4. The zero-order valence-electron chi connectivity index (χ0n) is 15.7. The minimum atomic E-state index is -0.478. The number of benzene rings is 1. The third-order valence-electron chi connectivity index (χ3n) is 4.31. The number of anilines is 1. The number of rotatable bonds is 7. The first-order valence-electron chi connectivity index (χ1n) is 9.11. The van der Waals surface area contributed by atoms with Gasteiger partial charge in [0.2, 0.25) is 0 Å². The molecule has 0 radical (unpaired) electrons. The van der Waals surface area contributed by atoms with Crippen LogP contribution in [0.1, 0.15) is 19.5 Å². The van der Waals surface area contributed by atoms with E-state index in [-0.39, 0.29) is 10.7 Å². The van der Waals surface area contributed by atoms with Gasteiger partial charge in [-0.05, 0) is 32.9 Å². The minimum absolute atomic E-state index is 0.248. The van der Waals surface area contributed by atoms with E-state index in [2.05, 4.69) is 26.3 Å². The second-order valence-electron chi connectivity index (χ2n) is 6.40. The summed E-state index contributed by atoms with van der Waals surface area (Å²) in [7, 11) is -0.248. The molecule has 2 unspecified atom stereocenters. The largest absolute Gasteiger partial charge is 0.492 e. The van der Waals surface area contributed by atoms with Crippen LogP contribution in [0.2, 0.25) is 0 Å². The van der Waals surface area contributed by atoms with Gasteiger partial charge in [-0.2, -0.15) is 4.98 Å². The predicted molar refractivity (Wildman–Crippen MR) is 106 cm³/mol. The van der Waals surface area contributed by atoms with Crippen LogP contribution in [0.4, 0.5) is 5.69 Å². The lowest BCUT2D eigenvalue weighted by Crippen LogP contribution is -2.46. The Hall–Kier alpha value is -1.83. The average Bonchev–Trinajstić information content (AvgIpc) is 3.01. The maximum atomic E-state index is 9.51.